The van der Waals surface area contributed by atoms with Crippen molar-refractivity contribution in [3.63, 3.8) is 0 Å². The van der Waals surface area contributed by atoms with Crippen LogP contribution in [0.5, 0.6) is 0 Å². The van der Waals surface area contributed by atoms with Crippen molar-refractivity contribution in [3.8, 4) is 0 Å². The lowest BCUT2D eigenvalue weighted by Gasteiger charge is -2.35. The molecule has 1 aromatic carbocycles. The van der Waals surface area contributed by atoms with Gasteiger partial charge in [-0.25, -0.2) is 9.98 Å². The Kier molecular flexibility index (Phi) is 8.56. The van der Waals surface area contributed by atoms with E-state index < -0.39 is 0 Å². The normalized spacial score (nSPS) is 20.5. The Morgan fingerprint density at radius 1 is 1.22 bits per heavy atom. The maximum Gasteiger partial charge on any atom is 0.194 e. The Morgan fingerprint density at radius 2 is 2.09 bits per heavy atom. The van der Waals surface area contributed by atoms with Crippen molar-refractivity contribution >= 4 is 5.96 Å². The predicted octanol–water partition coefficient (Wildman–Crippen LogP) is 3.45. The smallest absolute Gasteiger partial charge is 0.194 e. The average molecular weight is 440 g/mol. The summed E-state index contributed by atoms with van der Waals surface area (Å²) in [5, 5.41) is 3.47. The van der Waals surface area contributed by atoms with Gasteiger partial charge in [0.05, 0.1) is 31.7 Å². The first kappa shape index (κ1) is 22.8. The highest BCUT2D eigenvalue weighted by atomic mass is 16.5. The molecule has 0 saturated carbocycles. The summed E-state index contributed by atoms with van der Waals surface area (Å²) < 4.78 is 14.1. The molecule has 0 spiro atoms. The molecule has 2 aliphatic heterocycles. The largest absolute Gasteiger partial charge is 0.376 e. The summed E-state index contributed by atoms with van der Waals surface area (Å²) >= 11 is 0. The summed E-state index contributed by atoms with van der Waals surface area (Å²) in [5.74, 6) is 1.00. The van der Waals surface area contributed by atoms with Crippen LogP contribution in [0.4, 0.5) is 0 Å². The van der Waals surface area contributed by atoms with Gasteiger partial charge in [-0.05, 0) is 50.2 Å². The zero-order valence-corrected chi connectivity index (χ0v) is 19.3. The number of benzene rings is 1. The van der Waals surface area contributed by atoms with E-state index in [1.165, 1.54) is 24.0 Å². The fourth-order valence-electron chi connectivity index (χ4n) is 4.43. The van der Waals surface area contributed by atoms with Gasteiger partial charge in [-0.1, -0.05) is 24.3 Å². The summed E-state index contributed by atoms with van der Waals surface area (Å²) in [6, 6.07) is 8.66. The fourth-order valence-corrected chi connectivity index (χ4v) is 4.43. The minimum absolute atomic E-state index is 0.296. The molecule has 2 aromatic rings. The predicted molar refractivity (Wildman–Crippen MR) is 127 cm³/mol. The Morgan fingerprint density at radius 3 is 2.84 bits per heavy atom. The topological polar surface area (TPSA) is 63.9 Å². The molecule has 0 bridgehead atoms. The highest BCUT2D eigenvalue weighted by molar-refractivity contribution is 5.80. The maximum atomic E-state index is 6.18. The van der Waals surface area contributed by atoms with E-state index in [0.717, 1.165) is 64.6 Å². The van der Waals surface area contributed by atoms with E-state index in [0.29, 0.717) is 18.8 Å². The quantitative estimate of drug-likeness (QED) is 0.504. The number of nitrogens with zero attached hydrogens (tertiary/aromatic N) is 4. The summed E-state index contributed by atoms with van der Waals surface area (Å²) in [7, 11) is 0. The number of ether oxygens (including phenoxy) is 2. The van der Waals surface area contributed by atoms with Crippen LogP contribution in [0.3, 0.4) is 0 Å². The highest BCUT2D eigenvalue weighted by Crippen LogP contribution is 2.18. The maximum absolute atomic E-state index is 6.18. The van der Waals surface area contributed by atoms with Gasteiger partial charge in [-0.2, -0.15) is 0 Å². The number of hydrogen-bond acceptors (Lipinski definition) is 4. The van der Waals surface area contributed by atoms with Crippen LogP contribution in [0, 0.1) is 0 Å². The van der Waals surface area contributed by atoms with Crippen LogP contribution in [0.1, 0.15) is 50.2 Å². The summed E-state index contributed by atoms with van der Waals surface area (Å²) in [6.07, 6.45) is 12.0. The third kappa shape index (κ3) is 6.81. The van der Waals surface area contributed by atoms with Crippen LogP contribution in [-0.4, -0.2) is 65.5 Å². The van der Waals surface area contributed by atoms with Crippen LogP contribution in [-0.2, 0) is 22.6 Å². The molecule has 1 N–H and O–H groups in total. The molecule has 7 nitrogen and oxygen atoms in total. The number of aliphatic imine (C=N–C) groups is 1. The molecule has 3 heterocycles. The second kappa shape index (κ2) is 12.0. The number of rotatable bonds is 8. The van der Waals surface area contributed by atoms with Crippen molar-refractivity contribution in [1.82, 2.24) is 19.8 Å². The second-order valence-electron chi connectivity index (χ2n) is 8.73. The Balaban J connectivity index is 1.27. The van der Waals surface area contributed by atoms with Crippen LogP contribution < -0.4 is 5.32 Å². The Labute approximate surface area is 191 Å². The number of likely N-dealkylation sites (tertiary alicyclic amines) is 1. The molecule has 7 heteroatoms. The molecule has 1 atom stereocenters. The molecule has 2 fully saturated rings. The number of nitrogens with one attached hydrogen (secondary N) is 1. The molecule has 2 saturated heterocycles. The second-order valence-corrected chi connectivity index (χ2v) is 8.73. The number of imidazole rings is 1. The van der Waals surface area contributed by atoms with E-state index >= 15 is 0 Å². The molecule has 0 aliphatic carbocycles. The van der Waals surface area contributed by atoms with Gasteiger partial charge in [0.25, 0.3) is 0 Å². The van der Waals surface area contributed by atoms with E-state index in [-0.39, 0.29) is 0 Å². The number of aromatic nitrogens is 2. The van der Waals surface area contributed by atoms with Gasteiger partial charge in [0.1, 0.15) is 0 Å². The lowest BCUT2D eigenvalue weighted by atomic mass is 10.1. The average Bonchev–Trinajstić information content (AvgIpc) is 3.35. The first-order valence-corrected chi connectivity index (χ1v) is 12.1. The van der Waals surface area contributed by atoms with Gasteiger partial charge in [0.15, 0.2) is 5.96 Å². The van der Waals surface area contributed by atoms with E-state index in [4.69, 9.17) is 14.5 Å². The van der Waals surface area contributed by atoms with Crippen LogP contribution in [0.2, 0.25) is 0 Å². The van der Waals surface area contributed by atoms with Gasteiger partial charge >= 0.3 is 0 Å². The van der Waals surface area contributed by atoms with Crippen molar-refractivity contribution in [2.45, 2.75) is 64.3 Å². The van der Waals surface area contributed by atoms with Gasteiger partial charge in [0, 0.05) is 45.2 Å². The molecule has 1 unspecified atom stereocenters. The molecule has 174 valence electrons. The third-order valence-electron chi connectivity index (χ3n) is 6.20. The number of guanidine groups is 1. The molecule has 0 amide bonds. The van der Waals surface area contributed by atoms with Gasteiger partial charge in [-0.3, -0.25) is 0 Å². The monoisotopic (exact) mass is 439 g/mol. The summed E-state index contributed by atoms with van der Waals surface area (Å²) in [6.45, 7) is 8.09. The van der Waals surface area contributed by atoms with Crippen LogP contribution in [0.25, 0.3) is 0 Å². The van der Waals surface area contributed by atoms with E-state index in [2.05, 4.69) is 51.0 Å². The van der Waals surface area contributed by atoms with Crippen molar-refractivity contribution in [2.75, 3.05) is 32.8 Å². The van der Waals surface area contributed by atoms with Gasteiger partial charge < -0.3 is 24.3 Å². The van der Waals surface area contributed by atoms with E-state index in [9.17, 15) is 0 Å². The molecule has 4 rings (SSSR count). The molecular weight excluding hydrogens is 402 g/mol. The lowest BCUT2D eigenvalue weighted by molar-refractivity contribution is -0.0721. The lowest BCUT2D eigenvalue weighted by Crippen LogP contribution is -2.47. The third-order valence-corrected chi connectivity index (χ3v) is 6.20. The van der Waals surface area contributed by atoms with Crippen molar-refractivity contribution in [1.29, 1.82) is 0 Å². The van der Waals surface area contributed by atoms with Crippen LogP contribution in [0.15, 0.2) is 48.0 Å². The summed E-state index contributed by atoms with van der Waals surface area (Å²) in [5.41, 5.74) is 2.49. The molecule has 1 aromatic heterocycles. The highest BCUT2D eigenvalue weighted by Gasteiger charge is 2.23. The van der Waals surface area contributed by atoms with Crippen LogP contribution >= 0.6 is 0 Å². The van der Waals surface area contributed by atoms with Crippen molar-refractivity contribution in [2.24, 2.45) is 4.99 Å². The minimum Gasteiger partial charge on any atom is -0.376 e. The Hall–Kier alpha value is -2.38. The number of piperidine rings is 1. The van der Waals surface area contributed by atoms with Gasteiger partial charge in [0.2, 0.25) is 0 Å². The van der Waals surface area contributed by atoms with Crippen molar-refractivity contribution < 1.29 is 9.47 Å². The Bertz CT molecular complexity index is 825. The summed E-state index contributed by atoms with van der Waals surface area (Å²) in [4.78, 5) is 11.4. The molecule has 2 aliphatic rings. The first-order valence-electron chi connectivity index (χ1n) is 12.1. The van der Waals surface area contributed by atoms with Crippen molar-refractivity contribution in [3.05, 3.63) is 54.1 Å². The number of hydrogen-bond donors (Lipinski definition) is 1. The molecular formula is C25H37N5O2. The van der Waals surface area contributed by atoms with E-state index in [1.54, 1.807) is 0 Å². The first-order chi connectivity index (χ1) is 15.8. The zero-order chi connectivity index (χ0) is 22.0. The zero-order valence-electron chi connectivity index (χ0n) is 19.3. The molecule has 32 heavy (non-hydrogen) atoms. The SMILES string of the molecule is CCNC(=NCc1cccc(Cn2ccnc2)c1)N1CCC(OCC2CCCCO2)CC1. The molecule has 0 radical (unpaired) electrons. The minimum atomic E-state index is 0.296. The van der Waals surface area contributed by atoms with E-state index in [1.807, 2.05) is 18.7 Å². The standard InChI is InChI=1S/C25H37N5O2/c1-2-27-25(28-17-21-6-5-7-22(16-21)18-29-14-11-26-20-29)30-12-9-23(10-13-30)32-19-24-8-3-4-15-31-24/h5-7,11,14,16,20,23-24H,2-4,8-10,12-13,15,17-19H2,1H3,(H,27,28). The van der Waals surface area contributed by atoms with Gasteiger partial charge in [-0.15, -0.1) is 0 Å². The fraction of sp³-hybridized carbons (Fsp3) is 0.600.